The van der Waals surface area contributed by atoms with Crippen molar-refractivity contribution in [3.63, 3.8) is 0 Å². The molecule has 0 saturated carbocycles. The summed E-state index contributed by atoms with van der Waals surface area (Å²) in [6.45, 7) is 5.02. The van der Waals surface area contributed by atoms with E-state index in [0.717, 1.165) is 18.4 Å². The first-order valence-electron chi connectivity index (χ1n) is 9.32. The van der Waals surface area contributed by atoms with Crippen LogP contribution in [0, 0.1) is 0 Å². The number of amides is 1. The minimum Gasteiger partial charge on any atom is -0.351 e. The SMILES string of the molecule is CCC(CC)(CNC(=O)C1=CN2CCS(=O)(=O)N=C2C=C1)c1ccc(Cl)cc1. The van der Waals surface area contributed by atoms with E-state index in [9.17, 15) is 13.2 Å². The van der Waals surface area contributed by atoms with E-state index in [-0.39, 0.29) is 17.1 Å². The fourth-order valence-corrected chi connectivity index (χ4v) is 4.60. The van der Waals surface area contributed by atoms with Gasteiger partial charge in [0.05, 0.1) is 11.3 Å². The van der Waals surface area contributed by atoms with Crippen LogP contribution in [-0.4, -0.2) is 43.9 Å². The van der Waals surface area contributed by atoms with Crippen LogP contribution >= 0.6 is 11.6 Å². The van der Waals surface area contributed by atoms with Crippen LogP contribution in [0.2, 0.25) is 5.02 Å². The molecule has 1 aromatic rings. The lowest BCUT2D eigenvalue weighted by Crippen LogP contribution is -2.42. The van der Waals surface area contributed by atoms with Crippen molar-refractivity contribution in [3.8, 4) is 0 Å². The van der Waals surface area contributed by atoms with Crippen molar-refractivity contribution in [3.05, 3.63) is 58.8 Å². The summed E-state index contributed by atoms with van der Waals surface area (Å²) in [5.41, 5.74) is 1.45. The molecule has 0 radical (unpaired) electrons. The van der Waals surface area contributed by atoms with Gasteiger partial charge in [0, 0.05) is 29.7 Å². The first-order chi connectivity index (χ1) is 13.3. The van der Waals surface area contributed by atoms with Crippen molar-refractivity contribution < 1.29 is 13.2 Å². The Labute approximate surface area is 171 Å². The Morgan fingerprint density at radius 3 is 2.54 bits per heavy atom. The summed E-state index contributed by atoms with van der Waals surface area (Å²) in [5, 5.41) is 3.73. The molecule has 2 aliphatic rings. The zero-order valence-corrected chi connectivity index (χ0v) is 17.6. The van der Waals surface area contributed by atoms with Gasteiger partial charge in [0.25, 0.3) is 15.9 Å². The standard InChI is InChI=1S/C20H24ClN3O3S/c1-3-20(4-2,16-6-8-17(21)9-7-16)14-22-19(25)15-5-10-18-23-28(26,27)12-11-24(18)13-15/h5-10,13H,3-4,11-12,14H2,1-2H3,(H,22,25). The first-order valence-corrected chi connectivity index (χ1v) is 11.3. The summed E-state index contributed by atoms with van der Waals surface area (Å²) in [6.07, 6.45) is 6.58. The van der Waals surface area contributed by atoms with Crippen LogP contribution in [0.25, 0.3) is 0 Å². The lowest BCUT2D eigenvalue weighted by Gasteiger charge is -2.33. The second kappa shape index (κ2) is 8.09. The minimum absolute atomic E-state index is 0.0545. The van der Waals surface area contributed by atoms with E-state index in [4.69, 9.17) is 11.6 Å². The van der Waals surface area contributed by atoms with E-state index in [1.165, 1.54) is 0 Å². The van der Waals surface area contributed by atoms with E-state index in [0.29, 0.717) is 29.5 Å². The summed E-state index contributed by atoms with van der Waals surface area (Å²) < 4.78 is 26.9. The number of carbonyl (C=O) groups is 1. The third-order valence-corrected chi connectivity index (χ3v) is 6.90. The monoisotopic (exact) mass is 421 g/mol. The molecular formula is C20H24ClN3O3S. The van der Waals surface area contributed by atoms with Gasteiger partial charge in [0.15, 0.2) is 0 Å². The molecule has 0 saturated heterocycles. The second-order valence-corrected chi connectivity index (χ2v) is 9.21. The van der Waals surface area contributed by atoms with Gasteiger partial charge in [-0.05, 0) is 42.7 Å². The zero-order valence-electron chi connectivity index (χ0n) is 16.0. The third-order valence-electron chi connectivity index (χ3n) is 5.48. The topological polar surface area (TPSA) is 78.8 Å². The maximum absolute atomic E-state index is 12.7. The van der Waals surface area contributed by atoms with Gasteiger partial charge in [-0.15, -0.1) is 4.40 Å². The number of benzene rings is 1. The molecule has 3 rings (SSSR count). The van der Waals surface area contributed by atoms with E-state index in [2.05, 4.69) is 23.6 Å². The van der Waals surface area contributed by atoms with Gasteiger partial charge in [0.1, 0.15) is 5.84 Å². The molecule has 2 aliphatic heterocycles. The Hall–Kier alpha value is -2.12. The molecule has 0 atom stereocenters. The number of hydrogen-bond donors (Lipinski definition) is 1. The van der Waals surface area contributed by atoms with Crippen LogP contribution in [0.1, 0.15) is 32.3 Å². The fourth-order valence-electron chi connectivity index (χ4n) is 3.50. The molecule has 2 heterocycles. The van der Waals surface area contributed by atoms with Crippen LogP contribution in [0.4, 0.5) is 0 Å². The van der Waals surface area contributed by atoms with Crippen molar-refractivity contribution in [2.24, 2.45) is 4.40 Å². The van der Waals surface area contributed by atoms with Crippen molar-refractivity contribution in [2.45, 2.75) is 32.1 Å². The van der Waals surface area contributed by atoms with Crippen LogP contribution in [0.3, 0.4) is 0 Å². The Bertz CT molecular complexity index is 945. The average molecular weight is 422 g/mol. The van der Waals surface area contributed by atoms with Crippen LogP contribution in [0.15, 0.2) is 52.6 Å². The number of halogens is 1. The van der Waals surface area contributed by atoms with Crippen LogP contribution in [-0.2, 0) is 20.2 Å². The van der Waals surface area contributed by atoms with Gasteiger partial charge in [0.2, 0.25) is 0 Å². The normalized spacial score (nSPS) is 18.2. The summed E-state index contributed by atoms with van der Waals surface area (Å²) in [5.74, 6) is 0.102. The Balaban J connectivity index is 1.73. The molecule has 0 spiro atoms. The number of hydrogen-bond acceptors (Lipinski definition) is 4. The molecule has 28 heavy (non-hydrogen) atoms. The van der Waals surface area contributed by atoms with Crippen LogP contribution in [0.5, 0.6) is 0 Å². The number of amidine groups is 1. The maximum Gasteiger partial charge on any atom is 0.256 e. The highest BCUT2D eigenvalue weighted by Crippen LogP contribution is 2.32. The molecule has 6 nitrogen and oxygen atoms in total. The van der Waals surface area contributed by atoms with E-state index in [1.54, 1.807) is 23.3 Å². The molecule has 0 bridgehead atoms. The third kappa shape index (κ3) is 4.31. The molecule has 0 aromatic heterocycles. The van der Waals surface area contributed by atoms with E-state index >= 15 is 0 Å². The maximum atomic E-state index is 12.7. The van der Waals surface area contributed by atoms with Gasteiger partial charge in [-0.3, -0.25) is 4.79 Å². The Kier molecular flexibility index (Phi) is 5.95. The number of carbonyl (C=O) groups excluding carboxylic acids is 1. The van der Waals surface area contributed by atoms with Crippen molar-refractivity contribution >= 4 is 33.4 Å². The highest BCUT2D eigenvalue weighted by molar-refractivity contribution is 7.90. The first kappa shape index (κ1) is 20.6. The summed E-state index contributed by atoms with van der Waals surface area (Å²) in [4.78, 5) is 14.4. The molecule has 1 aromatic carbocycles. The van der Waals surface area contributed by atoms with E-state index in [1.807, 2.05) is 24.3 Å². The number of nitrogens with one attached hydrogen (secondary N) is 1. The van der Waals surface area contributed by atoms with Gasteiger partial charge < -0.3 is 10.2 Å². The van der Waals surface area contributed by atoms with Crippen molar-refractivity contribution in [2.75, 3.05) is 18.8 Å². The molecule has 8 heteroatoms. The second-order valence-electron chi connectivity index (χ2n) is 7.02. The Morgan fingerprint density at radius 2 is 1.89 bits per heavy atom. The van der Waals surface area contributed by atoms with Crippen LogP contribution < -0.4 is 5.32 Å². The van der Waals surface area contributed by atoms with Gasteiger partial charge in [-0.25, -0.2) is 8.42 Å². The average Bonchev–Trinajstić information content (AvgIpc) is 2.69. The molecule has 1 N–H and O–H groups in total. The predicted molar refractivity (Wildman–Crippen MR) is 112 cm³/mol. The quantitative estimate of drug-likeness (QED) is 0.765. The molecule has 1 amide bonds. The van der Waals surface area contributed by atoms with Crippen molar-refractivity contribution in [1.82, 2.24) is 10.2 Å². The molecule has 0 aliphatic carbocycles. The highest BCUT2D eigenvalue weighted by atomic mass is 35.5. The van der Waals surface area contributed by atoms with Crippen molar-refractivity contribution in [1.29, 1.82) is 0 Å². The molecule has 0 fully saturated rings. The largest absolute Gasteiger partial charge is 0.351 e. The molecule has 0 unspecified atom stereocenters. The number of sulfonamides is 1. The summed E-state index contributed by atoms with van der Waals surface area (Å²) in [6, 6.07) is 7.77. The summed E-state index contributed by atoms with van der Waals surface area (Å²) >= 11 is 6.01. The number of fused-ring (bicyclic) bond motifs is 1. The number of rotatable bonds is 6. The van der Waals surface area contributed by atoms with Gasteiger partial charge >= 0.3 is 0 Å². The lowest BCUT2D eigenvalue weighted by molar-refractivity contribution is -0.117. The lowest BCUT2D eigenvalue weighted by atomic mass is 9.75. The minimum atomic E-state index is -3.41. The summed E-state index contributed by atoms with van der Waals surface area (Å²) in [7, 11) is -3.41. The predicted octanol–water partition coefficient (Wildman–Crippen LogP) is 3.01. The molecular weight excluding hydrogens is 398 g/mol. The number of nitrogens with zero attached hydrogens (tertiary/aromatic N) is 2. The molecule has 150 valence electrons. The zero-order chi connectivity index (χ0) is 20.4. The fraction of sp³-hybridized carbons (Fsp3) is 0.400. The van der Waals surface area contributed by atoms with E-state index < -0.39 is 10.0 Å². The Morgan fingerprint density at radius 1 is 1.21 bits per heavy atom. The highest BCUT2D eigenvalue weighted by Gasteiger charge is 2.30. The van der Waals surface area contributed by atoms with Gasteiger partial charge in [-0.2, -0.15) is 0 Å². The smallest absolute Gasteiger partial charge is 0.256 e. The van der Waals surface area contributed by atoms with Gasteiger partial charge in [-0.1, -0.05) is 37.6 Å².